The zero-order valence-electron chi connectivity index (χ0n) is 10.5. The molecule has 1 atom stereocenters. The molecule has 0 aliphatic heterocycles. The summed E-state index contributed by atoms with van der Waals surface area (Å²) in [5.74, 6) is -1.09. The maximum absolute atomic E-state index is 11.7. The molecule has 2 aromatic heterocycles. The first-order valence-corrected chi connectivity index (χ1v) is 6.80. The topological polar surface area (TPSA) is 107 Å². The number of rotatable bonds is 6. The molecular formula is C12H14N4O3S. The quantitative estimate of drug-likeness (QED) is 0.636. The van der Waals surface area contributed by atoms with Crippen LogP contribution in [0.3, 0.4) is 0 Å². The average molecular weight is 294 g/mol. The number of carboxylic acids is 1. The van der Waals surface area contributed by atoms with Gasteiger partial charge in [0.05, 0.1) is 12.9 Å². The van der Waals surface area contributed by atoms with Gasteiger partial charge in [0.1, 0.15) is 6.04 Å². The van der Waals surface area contributed by atoms with Crippen LogP contribution in [0.25, 0.3) is 0 Å². The fourth-order valence-electron chi connectivity index (χ4n) is 1.61. The van der Waals surface area contributed by atoms with Gasteiger partial charge in [-0.3, -0.25) is 0 Å². The van der Waals surface area contributed by atoms with Crippen molar-refractivity contribution in [1.82, 2.24) is 20.6 Å². The molecule has 4 N–H and O–H groups in total. The lowest BCUT2D eigenvalue weighted by molar-refractivity contribution is -0.139. The molecule has 0 aromatic carbocycles. The number of amides is 2. The number of carbonyl (C=O) groups excluding carboxylic acids is 1. The Morgan fingerprint density at radius 1 is 1.50 bits per heavy atom. The standard InChI is InChI=1S/C12H14N4O3S/c17-11(18)10(4-8-5-13-7-15-8)16-12(19)14-6-9-2-1-3-20-9/h1-3,5,7,10H,4,6H2,(H,13,15)(H,17,18)(H2,14,16,19). The molecule has 1 unspecified atom stereocenters. The van der Waals surface area contributed by atoms with Gasteiger partial charge in [0.25, 0.3) is 0 Å². The summed E-state index contributed by atoms with van der Waals surface area (Å²) in [6, 6.07) is 2.27. The third kappa shape index (κ3) is 4.09. The molecule has 0 spiro atoms. The third-order valence-corrected chi connectivity index (χ3v) is 3.46. The average Bonchev–Trinajstić information content (AvgIpc) is 3.08. The maximum Gasteiger partial charge on any atom is 0.326 e. The van der Waals surface area contributed by atoms with E-state index in [-0.39, 0.29) is 6.42 Å². The van der Waals surface area contributed by atoms with E-state index >= 15 is 0 Å². The van der Waals surface area contributed by atoms with Crippen molar-refractivity contribution in [2.24, 2.45) is 0 Å². The van der Waals surface area contributed by atoms with Gasteiger partial charge >= 0.3 is 12.0 Å². The Morgan fingerprint density at radius 2 is 2.35 bits per heavy atom. The summed E-state index contributed by atoms with van der Waals surface area (Å²) >= 11 is 1.52. The van der Waals surface area contributed by atoms with E-state index in [9.17, 15) is 9.59 Å². The number of hydrogen-bond acceptors (Lipinski definition) is 4. The molecule has 2 rings (SSSR count). The van der Waals surface area contributed by atoms with E-state index in [1.165, 1.54) is 23.9 Å². The highest BCUT2D eigenvalue weighted by Crippen LogP contribution is 2.07. The molecule has 0 aliphatic carbocycles. The molecule has 0 aliphatic rings. The van der Waals surface area contributed by atoms with Crippen molar-refractivity contribution in [1.29, 1.82) is 0 Å². The summed E-state index contributed by atoms with van der Waals surface area (Å²) in [5.41, 5.74) is 0.649. The van der Waals surface area contributed by atoms with E-state index in [2.05, 4.69) is 20.6 Å². The number of nitrogens with one attached hydrogen (secondary N) is 3. The second kappa shape index (κ2) is 6.71. The minimum atomic E-state index is -1.09. The van der Waals surface area contributed by atoms with Crippen molar-refractivity contribution in [3.05, 3.63) is 40.6 Å². The second-order valence-electron chi connectivity index (χ2n) is 4.08. The predicted octanol–water partition coefficient (Wildman–Crippen LogP) is 0.966. The number of H-pyrrole nitrogens is 1. The van der Waals surface area contributed by atoms with Crippen molar-refractivity contribution < 1.29 is 14.7 Å². The lowest BCUT2D eigenvalue weighted by Crippen LogP contribution is -2.46. The highest BCUT2D eigenvalue weighted by molar-refractivity contribution is 7.09. The number of carbonyl (C=O) groups is 2. The number of nitrogens with zero attached hydrogens (tertiary/aromatic N) is 1. The van der Waals surface area contributed by atoms with E-state index < -0.39 is 18.0 Å². The molecule has 7 nitrogen and oxygen atoms in total. The smallest absolute Gasteiger partial charge is 0.326 e. The molecule has 20 heavy (non-hydrogen) atoms. The van der Waals surface area contributed by atoms with Gasteiger partial charge in [-0.2, -0.15) is 0 Å². The Balaban J connectivity index is 1.84. The normalized spacial score (nSPS) is 11.8. The van der Waals surface area contributed by atoms with E-state index in [4.69, 9.17) is 5.11 Å². The van der Waals surface area contributed by atoms with E-state index in [0.717, 1.165) is 4.88 Å². The molecule has 0 radical (unpaired) electrons. The van der Waals surface area contributed by atoms with Crippen molar-refractivity contribution in [2.45, 2.75) is 19.0 Å². The Bertz CT molecular complexity index is 553. The van der Waals surface area contributed by atoms with Crippen LogP contribution in [0.5, 0.6) is 0 Å². The van der Waals surface area contributed by atoms with Crippen LogP contribution in [-0.4, -0.2) is 33.1 Å². The van der Waals surface area contributed by atoms with Crippen LogP contribution in [0.4, 0.5) is 4.79 Å². The van der Waals surface area contributed by atoms with Crippen molar-refractivity contribution >= 4 is 23.3 Å². The van der Waals surface area contributed by atoms with Crippen LogP contribution in [0, 0.1) is 0 Å². The third-order valence-electron chi connectivity index (χ3n) is 2.59. The zero-order chi connectivity index (χ0) is 14.4. The van der Waals surface area contributed by atoms with Crippen molar-refractivity contribution in [2.75, 3.05) is 0 Å². The highest BCUT2D eigenvalue weighted by Gasteiger charge is 2.20. The summed E-state index contributed by atoms with van der Waals surface area (Å²) < 4.78 is 0. The minimum absolute atomic E-state index is 0.155. The Morgan fingerprint density at radius 3 is 2.95 bits per heavy atom. The van der Waals surface area contributed by atoms with Crippen molar-refractivity contribution in [3.8, 4) is 0 Å². The molecule has 8 heteroatoms. The number of imidazole rings is 1. The Kier molecular flexibility index (Phi) is 4.72. The van der Waals surface area contributed by atoms with Gasteiger partial charge in [0, 0.05) is 23.2 Å². The highest BCUT2D eigenvalue weighted by atomic mass is 32.1. The van der Waals surface area contributed by atoms with Gasteiger partial charge in [0.15, 0.2) is 0 Å². The van der Waals surface area contributed by atoms with Crippen molar-refractivity contribution in [3.63, 3.8) is 0 Å². The molecule has 0 fully saturated rings. The number of carboxylic acid groups (broad SMARTS) is 1. The number of aromatic nitrogens is 2. The fraction of sp³-hybridized carbons (Fsp3) is 0.250. The van der Waals surface area contributed by atoms with Gasteiger partial charge in [0.2, 0.25) is 0 Å². The molecular weight excluding hydrogens is 280 g/mol. The van der Waals surface area contributed by atoms with Gasteiger partial charge in [-0.25, -0.2) is 14.6 Å². The van der Waals surface area contributed by atoms with Crippen LogP contribution < -0.4 is 10.6 Å². The molecule has 106 valence electrons. The molecule has 2 heterocycles. The first-order chi connectivity index (χ1) is 9.65. The van der Waals surface area contributed by atoms with Crippen LogP contribution in [0.15, 0.2) is 30.0 Å². The maximum atomic E-state index is 11.7. The van der Waals surface area contributed by atoms with Gasteiger partial charge in [-0.1, -0.05) is 6.07 Å². The molecule has 2 amide bonds. The first-order valence-electron chi connectivity index (χ1n) is 5.92. The summed E-state index contributed by atoms with van der Waals surface area (Å²) in [5, 5.41) is 16.1. The molecule has 0 bridgehead atoms. The van der Waals surface area contributed by atoms with Crippen LogP contribution in [0.1, 0.15) is 10.6 Å². The van der Waals surface area contributed by atoms with Crippen LogP contribution in [-0.2, 0) is 17.8 Å². The lowest BCUT2D eigenvalue weighted by atomic mass is 10.2. The Hall–Kier alpha value is -2.35. The molecule has 0 saturated heterocycles. The molecule has 2 aromatic rings. The van der Waals surface area contributed by atoms with Gasteiger partial charge in [-0.05, 0) is 11.4 Å². The van der Waals surface area contributed by atoms with Gasteiger partial charge < -0.3 is 20.7 Å². The predicted molar refractivity (Wildman–Crippen MR) is 73.4 cm³/mol. The summed E-state index contributed by atoms with van der Waals surface area (Å²) in [6.45, 7) is 0.375. The molecule has 0 saturated carbocycles. The summed E-state index contributed by atoms with van der Waals surface area (Å²) in [6.07, 6.45) is 3.15. The zero-order valence-corrected chi connectivity index (χ0v) is 11.3. The number of aliphatic carboxylic acids is 1. The number of thiophene rings is 1. The lowest BCUT2D eigenvalue weighted by Gasteiger charge is -2.14. The first kappa shape index (κ1) is 14.1. The second-order valence-corrected chi connectivity index (χ2v) is 5.11. The van der Waals surface area contributed by atoms with Crippen LogP contribution in [0.2, 0.25) is 0 Å². The number of urea groups is 1. The van der Waals surface area contributed by atoms with E-state index in [1.54, 1.807) is 0 Å². The summed E-state index contributed by atoms with van der Waals surface area (Å²) in [4.78, 5) is 30.4. The number of aromatic amines is 1. The van der Waals surface area contributed by atoms with E-state index in [1.807, 2.05) is 17.5 Å². The largest absolute Gasteiger partial charge is 0.480 e. The van der Waals surface area contributed by atoms with Gasteiger partial charge in [-0.15, -0.1) is 11.3 Å². The van der Waals surface area contributed by atoms with E-state index in [0.29, 0.717) is 12.2 Å². The monoisotopic (exact) mass is 294 g/mol. The SMILES string of the molecule is O=C(NCc1cccs1)NC(Cc1cnc[nH]1)C(=O)O. The minimum Gasteiger partial charge on any atom is -0.480 e. The summed E-state index contributed by atoms with van der Waals surface area (Å²) in [7, 11) is 0. The fourth-order valence-corrected chi connectivity index (χ4v) is 2.25. The number of hydrogen-bond donors (Lipinski definition) is 4. The van der Waals surface area contributed by atoms with Crippen LogP contribution >= 0.6 is 11.3 Å². The Labute approximate surface area is 119 Å².